The highest BCUT2D eigenvalue weighted by molar-refractivity contribution is 7.18. The van der Waals surface area contributed by atoms with Crippen molar-refractivity contribution < 1.29 is 9.26 Å². The SMILES string of the molecule is COc1ccc2c(c1)CCc1nc(-c3onc(-c4ccccc4)c3C)sc1-2. The van der Waals surface area contributed by atoms with Crippen molar-refractivity contribution in [2.75, 3.05) is 7.11 Å². The molecule has 2 heterocycles. The van der Waals surface area contributed by atoms with E-state index in [1.54, 1.807) is 18.4 Å². The van der Waals surface area contributed by atoms with Crippen LogP contribution in [0.25, 0.3) is 32.5 Å². The van der Waals surface area contributed by atoms with Gasteiger partial charge < -0.3 is 9.26 Å². The number of fused-ring (bicyclic) bond motifs is 3. The molecule has 27 heavy (non-hydrogen) atoms. The van der Waals surface area contributed by atoms with E-state index >= 15 is 0 Å². The standard InChI is InChI=1S/C22H18N2O2S/c1-13-19(14-6-4-3-5-7-14)24-26-20(13)22-23-18-11-8-15-12-16(25-2)9-10-17(15)21(18)27-22/h3-7,9-10,12H,8,11H2,1-2H3. The second-order valence-electron chi connectivity index (χ2n) is 6.67. The Kier molecular flexibility index (Phi) is 3.83. The topological polar surface area (TPSA) is 48.2 Å². The van der Waals surface area contributed by atoms with Crippen LogP contribution in [-0.2, 0) is 12.8 Å². The van der Waals surface area contributed by atoms with Crippen molar-refractivity contribution in [2.45, 2.75) is 19.8 Å². The molecule has 0 unspecified atom stereocenters. The van der Waals surface area contributed by atoms with Crippen LogP contribution in [0.1, 0.15) is 16.8 Å². The molecular formula is C22H18N2O2S. The Balaban J connectivity index is 1.58. The molecule has 2 aromatic carbocycles. The predicted molar refractivity (Wildman–Crippen MR) is 107 cm³/mol. The summed E-state index contributed by atoms with van der Waals surface area (Å²) in [6, 6.07) is 16.4. The normalized spacial score (nSPS) is 12.5. The Morgan fingerprint density at radius 2 is 1.93 bits per heavy atom. The molecule has 0 N–H and O–H groups in total. The molecule has 0 aliphatic heterocycles. The Labute approximate surface area is 161 Å². The molecule has 4 nitrogen and oxygen atoms in total. The van der Waals surface area contributed by atoms with Gasteiger partial charge in [0.2, 0.25) is 0 Å². The number of benzene rings is 2. The van der Waals surface area contributed by atoms with Gasteiger partial charge in [-0.15, -0.1) is 11.3 Å². The number of nitrogens with zero attached hydrogens (tertiary/aromatic N) is 2. The maximum absolute atomic E-state index is 5.72. The molecule has 0 atom stereocenters. The molecule has 1 aliphatic carbocycles. The number of hydrogen-bond acceptors (Lipinski definition) is 5. The number of rotatable bonds is 3. The second kappa shape index (κ2) is 6.35. The van der Waals surface area contributed by atoms with Gasteiger partial charge in [-0.25, -0.2) is 4.98 Å². The highest BCUT2D eigenvalue weighted by atomic mass is 32.1. The zero-order chi connectivity index (χ0) is 18.4. The summed E-state index contributed by atoms with van der Waals surface area (Å²) in [6.07, 6.45) is 1.91. The Hall–Kier alpha value is -2.92. The van der Waals surface area contributed by atoms with Crippen molar-refractivity contribution in [3.05, 3.63) is 65.4 Å². The zero-order valence-electron chi connectivity index (χ0n) is 15.2. The quantitative estimate of drug-likeness (QED) is 0.472. The monoisotopic (exact) mass is 374 g/mol. The highest BCUT2D eigenvalue weighted by Crippen LogP contribution is 2.43. The molecule has 5 heteroatoms. The van der Waals surface area contributed by atoms with Gasteiger partial charge in [-0.05, 0) is 49.1 Å². The first-order valence-corrected chi connectivity index (χ1v) is 9.75. The molecule has 0 saturated carbocycles. The van der Waals surface area contributed by atoms with Gasteiger partial charge in [0.15, 0.2) is 10.8 Å². The van der Waals surface area contributed by atoms with Crippen molar-refractivity contribution in [3.8, 4) is 38.2 Å². The molecule has 4 aromatic rings. The summed E-state index contributed by atoms with van der Waals surface area (Å²) in [5.74, 6) is 1.67. The molecule has 0 fully saturated rings. The van der Waals surface area contributed by atoms with E-state index in [-0.39, 0.29) is 0 Å². The van der Waals surface area contributed by atoms with Crippen molar-refractivity contribution in [1.29, 1.82) is 0 Å². The summed E-state index contributed by atoms with van der Waals surface area (Å²) < 4.78 is 11.1. The van der Waals surface area contributed by atoms with Crippen molar-refractivity contribution in [3.63, 3.8) is 0 Å². The van der Waals surface area contributed by atoms with Crippen LogP contribution in [0.2, 0.25) is 0 Å². The predicted octanol–water partition coefficient (Wildman–Crippen LogP) is 5.55. The van der Waals surface area contributed by atoms with E-state index in [1.807, 2.05) is 43.3 Å². The number of methoxy groups -OCH3 is 1. The fourth-order valence-electron chi connectivity index (χ4n) is 3.61. The van der Waals surface area contributed by atoms with Crippen LogP contribution in [0.15, 0.2) is 53.1 Å². The number of aryl methyl sites for hydroxylation is 2. The van der Waals surface area contributed by atoms with Crippen LogP contribution in [0, 0.1) is 6.92 Å². The molecule has 0 saturated heterocycles. The number of ether oxygens (including phenoxy) is 1. The third-order valence-electron chi connectivity index (χ3n) is 5.05. The maximum Gasteiger partial charge on any atom is 0.198 e. The zero-order valence-corrected chi connectivity index (χ0v) is 16.0. The number of aromatic nitrogens is 2. The Morgan fingerprint density at radius 3 is 2.74 bits per heavy atom. The molecule has 0 amide bonds. The first kappa shape index (κ1) is 16.3. The van der Waals surface area contributed by atoms with Crippen LogP contribution in [0.3, 0.4) is 0 Å². The molecule has 134 valence electrons. The van der Waals surface area contributed by atoms with Crippen molar-refractivity contribution in [1.82, 2.24) is 10.1 Å². The minimum absolute atomic E-state index is 0.767. The molecule has 5 rings (SSSR count). The average Bonchev–Trinajstić information content (AvgIpc) is 3.31. The fraction of sp³-hybridized carbons (Fsp3) is 0.182. The molecule has 0 bridgehead atoms. The minimum atomic E-state index is 0.767. The summed E-state index contributed by atoms with van der Waals surface area (Å²) in [5.41, 5.74) is 6.68. The van der Waals surface area contributed by atoms with Crippen LogP contribution < -0.4 is 4.74 Å². The molecule has 0 spiro atoms. The lowest BCUT2D eigenvalue weighted by Crippen LogP contribution is -2.02. The van der Waals surface area contributed by atoms with Crippen molar-refractivity contribution in [2.24, 2.45) is 0 Å². The summed E-state index contributed by atoms with van der Waals surface area (Å²) in [7, 11) is 1.71. The van der Waals surface area contributed by atoms with Gasteiger partial charge in [-0.2, -0.15) is 0 Å². The maximum atomic E-state index is 5.72. The summed E-state index contributed by atoms with van der Waals surface area (Å²) >= 11 is 1.68. The van der Waals surface area contributed by atoms with Gasteiger partial charge in [0, 0.05) is 11.1 Å². The summed E-state index contributed by atoms with van der Waals surface area (Å²) in [4.78, 5) is 6.11. The molecule has 1 aliphatic rings. The lowest BCUT2D eigenvalue weighted by molar-refractivity contribution is 0.414. The van der Waals surface area contributed by atoms with Crippen LogP contribution in [0.5, 0.6) is 5.75 Å². The van der Waals surface area contributed by atoms with Gasteiger partial charge >= 0.3 is 0 Å². The van der Waals surface area contributed by atoms with Gasteiger partial charge in [-0.1, -0.05) is 35.5 Å². The van der Waals surface area contributed by atoms with E-state index in [2.05, 4.69) is 17.3 Å². The van der Waals surface area contributed by atoms with Crippen LogP contribution >= 0.6 is 11.3 Å². The van der Waals surface area contributed by atoms with E-state index in [1.165, 1.54) is 16.0 Å². The largest absolute Gasteiger partial charge is 0.497 e. The first-order valence-electron chi connectivity index (χ1n) is 8.93. The van der Waals surface area contributed by atoms with E-state index in [4.69, 9.17) is 14.2 Å². The van der Waals surface area contributed by atoms with Crippen LogP contribution in [0.4, 0.5) is 0 Å². The van der Waals surface area contributed by atoms with Gasteiger partial charge in [0.1, 0.15) is 11.4 Å². The van der Waals surface area contributed by atoms with E-state index in [0.29, 0.717) is 0 Å². The molecular weight excluding hydrogens is 356 g/mol. The smallest absolute Gasteiger partial charge is 0.198 e. The van der Waals surface area contributed by atoms with Gasteiger partial charge in [-0.3, -0.25) is 0 Å². The van der Waals surface area contributed by atoms with E-state index < -0.39 is 0 Å². The lowest BCUT2D eigenvalue weighted by Gasteiger charge is -2.15. The first-order chi connectivity index (χ1) is 13.2. The van der Waals surface area contributed by atoms with Gasteiger partial charge in [0.25, 0.3) is 0 Å². The van der Waals surface area contributed by atoms with E-state index in [9.17, 15) is 0 Å². The Morgan fingerprint density at radius 1 is 1.07 bits per heavy atom. The van der Waals surface area contributed by atoms with E-state index in [0.717, 1.165) is 51.9 Å². The van der Waals surface area contributed by atoms with Crippen LogP contribution in [-0.4, -0.2) is 17.3 Å². The fourth-order valence-corrected chi connectivity index (χ4v) is 4.81. The third-order valence-corrected chi connectivity index (χ3v) is 6.18. The Bertz CT molecular complexity index is 1130. The number of thiazole rings is 1. The molecule has 2 aromatic heterocycles. The highest BCUT2D eigenvalue weighted by Gasteiger charge is 2.25. The van der Waals surface area contributed by atoms with Crippen molar-refractivity contribution >= 4 is 11.3 Å². The second-order valence-corrected chi connectivity index (χ2v) is 7.67. The van der Waals surface area contributed by atoms with Gasteiger partial charge in [0.05, 0.1) is 17.7 Å². The average molecular weight is 374 g/mol. The number of hydrogen-bond donors (Lipinski definition) is 0. The lowest BCUT2D eigenvalue weighted by atomic mass is 9.94. The molecule has 0 radical (unpaired) electrons. The summed E-state index contributed by atoms with van der Waals surface area (Å²) in [6.45, 7) is 2.05. The minimum Gasteiger partial charge on any atom is -0.497 e. The summed E-state index contributed by atoms with van der Waals surface area (Å²) in [5, 5.41) is 5.21. The third kappa shape index (κ3) is 2.66.